The highest BCUT2D eigenvalue weighted by atomic mass is 16.5. The molecule has 2 rings (SSSR count). The van der Waals surface area contributed by atoms with Gasteiger partial charge in [0.05, 0.1) is 6.61 Å². The smallest absolute Gasteiger partial charge is 0.341 e. The van der Waals surface area contributed by atoms with Gasteiger partial charge >= 0.3 is 5.97 Å². The van der Waals surface area contributed by atoms with Crippen molar-refractivity contribution in [2.75, 3.05) is 12.3 Å². The normalized spacial score (nSPS) is 10.1. The van der Waals surface area contributed by atoms with E-state index in [-0.39, 0.29) is 0 Å². The molecule has 0 atom stereocenters. The zero-order valence-corrected chi connectivity index (χ0v) is 11.3. The Kier molecular flexibility index (Phi) is 4.60. The van der Waals surface area contributed by atoms with Gasteiger partial charge in [-0.1, -0.05) is 30.3 Å². The van der Waals surface area contributed by atoms with E-state index in [1.54, 1.807) is 25.1 Å². The molecule has 0 unspecified atom stereocenters. The number of hydrogen-bond acceptors (Lipinski definition) is 4. The molecular formula is C16H17NO3. The van der Waals surface area contributed by atoms with Crippen molar-refractivity contribution in [3.8, 4) is 5.75 Å². The van der Waals surface area contributed by atoms with Gasteiger partial charge in [-0.05, 0) is 30.7 Å². The highest BCUT2D eigenvalue weighted by Gasteiger charge is 2.14. The lowest BCUT2D eigenvalue weighted by Crippen LogP contribution is -2.08. The second-order valence-electron chi connectivity index (χ2n) is 4.25. The molecule has 4 nitrogen and oxygen atoms in total. The number of hydrogen-bond donors (Lipinski definition) is 1. The summed E-state index contributed by atoms with van der Waals surface area (Å²) in [5.74, 6) is 0.0457. The van der Waals surface area contributed by atoms with Crippen LogP contribution in [0, 0.1) is 0 Å². The SMILES string of the molecule is CCOC(=O)c1cc(N)ccc1OCc1ccccc1. The maximum absolute atomic E-state index is 11.9. The number of anilines is 1. The third-order valence-electron chi connectivity index (χ3n) is 2.74. The Balaban J connectivity index is 2.16. The molecule has 0 amide bonds. The monoisotopic (exact) mass is 271 g/mol. The Morgan fingerprint density at radius 1 is 1.15 bits per heavy atom. The van der Waals surface area contributed by atoms with Crippen molar-refractivity contribution < 1.29 is 14.3 Å². The summed E-state index contributed by atoms with van der Waals surface area (Å²) in [5, 5.41) is 0. The molecule has 0 saturated carbocycles. The zero-order valence-electron chi connectivity index (χ0n) is 11.3. The first-order valence-electron chi connectivity index (χ1n) is 6.44. The summed E-state index contributed by atoms with van der Waals surface area (Å²) in [6, 6.07) is 14.7. The van der Waals surface area contributed by atoms with Gasteiger partial charge in [-0.25, -0.2) is 4.79 Å². The van der Waals surface area contributed by atoms with E-state index in [0.29, 0.717) is 30.2 Å². The fourth-order valence-corrected chi connectivity index (χ4v) is 1.78. The lowest BCUT2D eigenvalue weighted by molar-refractivity contribution is 0.0521. The fourth-order valence-electron chi connectivity index (χ4n) is 1.78. The molecule has 0 spiro atoms. The lowest BCUT2D eigenvalue weighted by atomic mass is 10.1. The van der Waals surface area contributed by atoms with Crippen molar-refractivity contribution in [2.24, 2.45) is 0 Å². The molecule has 20 heavy (non-hydrogen) atoms. The van der Waals surface area contributed by atoms with Crippen LogP contribution in [-0.2, 0) is 11.3 Å². The average Bonchev–Trinajstić information content (AvgIpc) is 2.47. The minimum absolute atomic E-state index is 0.311. The highest BCUT2D eigenvalue weighted by Crippen LogP contribution is 2.23. The first kappa shape index (κ1) is 13.9. The predicted molar refractivity (Wildman–Crippen MR) is 77.6 cm³/mol. The Labute approximate surface area is 118 Å². The molecule has 0 aliphatic rings. The van der Waals surface area contributed by atoms with Crippen LogP contribution in [0.1, 0.15) is 22.8 Å². The number of benzene rings is 2. The number of nitrogen functional groups attached to an aromatic ring is 1. The molecule has 0 aliphatic carbocycles. The molecule has 0 heterocycles. The molecule has 0 saturated heterocycles. The van der Waals surface area contributed by atoms with Gasteiger partial charge in [0.15, 0.2) is 0 Å². The number of ether oxygens (including phenoxy) is 2. The molecule has 0 radical (unpaired) electrons. The number of nitrogens with two attached hydrogens (primary N) is 1. The van der Waals surface area contributed by atoms with E-state index in [1.165, 1.54) is 0 Å². The third kappa shape index (κ3) is 3.51. The van der Waals surface area contributed by atoms with Gasteiger partial charge in [0.1, 0.15) is 17.9 Å². The van der Waals surface area contributed by atoms with Crippen LogP contribution in [0.15, 0.2) is 48.5 Å². The van der Waals surface area contributed by atoms with E-state index in [9.17, 15) is 4.79 Å². The van der Waals surface area contributed by atoms with Crippen LogP contribution in [0.2, 0.25) is 0 Å². The maximum atomic E-state index is 11.9. The molecule has 0 bridgehead atoms. The average molecular weight is 271 g/mol. The molecule has 2 aromatic rings. The van der Waals surface area contributed by atoms with Crippen molar-refractivity contribution in [3.63, 3.8) is 0 Å². The van der Waals surface area contributed by atoms with Crippen molar-refractivity contribution in [1.29, 1.82) is 0 Å². The van der Waals surface area contributed by atoms with Crippen LogP contribution < -0.4 is 10.5 Å². The van der Waals surface area contributed by atoms with Gasteiger partial charge in [-0.15, -0.1) is 0 Å². The minimum Gasteiger partial charge on any atom is -0.488 e. The second kappa shape index (κ2) is 6.61. The second-order valence-corrected chi connectivity index (χ2v) is 4.25. The molecule has 0 fully saturated rings. The summed E-state index contributed by atoms with van der Waals surface area (Å²) in [7, 11) is 0. The van der Waals surface area contributed by atoms with Crippen LogP contribution in [0.3, 0.4) is 0 Å². The van der Waals surface area contributed by atoms with Crippen LogP contribution in [-0.4, -0.2) is 12.6 Å². The van der Waals surface area contributed by atoms with Crippen LogP contribution in [0.5, 0.6) is 5.75 Å². The van der Waals surface area contributed by atoms with E-state index in [2.05, 4.69) is 0 Å². The standard InChI is InChI=1S/C16H17NO3/c1-2-19-16(18)14-10-13(17)8-9-15(14)20-11-12-6-4-3-5-7-12/h3-10H,2,11,17H2,1H3. The summed E-state index contributed by atoms with van der Waals surface area (Å²) >= 11 is 0. The number of rotatable bonds is 5. The fraction of sp³-hybridized carbons (Fsp3) is 0.188. The molecular weight excluding hydrogens is 254 g/mol. The van der Waals surface area contributed by atoms with Crippen molar-refractivity contribution in [1.82, 2.24) is 0 Å². The third-order valence-corrected chi connectivity index (χ3v) is 2.74. The predicted octanol–water partition coefficient (Wildman–Crippen LogP) is 3.02. The van der Waals surface area contributed by atoms with Gasteiger partial charge in [0.25, 0.3) is 0 Å². The topological polar surface area (TPSA) is 61.5 Å². The van der Waals surface area contributed by atoms with Crippen molar-refractivity contribution in [2.45, 2.75) is 13.5 Å². The van der Waals surface area contributed by atoms with E-state index >= 15 is 0 Å². The van der Waals surface area contributed by atoms with Crippen LogP contribution in [0.4, 0.5) is 5.69 Å². The number of esters is 1. The summed E-state index contributed by atoms with van der Waals surface area (Å²) in [5.41, 5.74) is 7.58. The van der Waals surface area contributed by atoms with Crippen molar-refractivity contribution in [3.05, 3.63) is 59.7 Å². The van der Waals surface area contributed by atoms with Gasteiger partial charge in [0, 0.05) is 5.69 Å². The van der Waals surface area contributed by atoms with E-state index in [4.69, 9.17) is 15.2 Å². The Hall–Kier alpha value is -2.49. The lowest BCUT2D eigenvalue weighted by Gasteiger charge is -2.11. The molecule has 0 aromatic heterocycles. The molecule has 2 aromatic carbocycles. The van der Waals surface area contributed by atoms with Crippen LogP contribution in [0.25, 0.3) is 0 Å². The van der Waals surface area contributed by atoms with E-state index < -0.39 is 5.97 Å². The zero-order chi connectivity index (χ0) is 14.4. The summed E-state index contributed by atoms with van der Waals surface area (Å²) in [6.45, 7) is 2.46. The summed E-state index contributed by atoms with van der Waals surface area (Å²) in [4.78, 5) is 11.9. The quantitative estimate of drug-likeness (QED) is 0.670. The van der Waals surface area contributed by atoms with E-state index in [1.807, 2.05) is 30.3 Å². The first-order valence-corrected chi connectivity index (χ1v) is 6.44. The molecule has 2 N–H and O–H groups in total. The van der Waals surface area contributed by atoms with Crippen molar-refractivity contribution >= 4 is 11.7 Å². The first-order chi connectivity index (χ1) is 9.70. The largest absolute Gasteiger partial charge is 0.488 e. The number of carbonyl (C=O) groups is 1. The Morgan fingerprint density at radius 2 is 1.90 bits per heavy atom. The molecule has 104 valence electrons. The summed E-state index contributed by atoms with van der Waals surface area (Å²) < 4.78 is 10.7. The molecule has 4 heteroatoms. The van der Waals surface area contributed by atoms with Crippen LogP contribution >= 0.6 is 0 Å². The van der Waals surface area contributed by atoms with E-state index in [0.717, 1.165) is 5.56 Å². The van der Waals surface area contributed by atoms with Gasteiger partial charge < -0.3 is 15.2 Å². The number of carbonyl (C=O) groups excluding carboxylic acids is 1. The van der Waals surface area contributed by atoms with Gasteiger partial charge in [0.2, 0.25) is 0 Å². The molecule has 0 aliphatic heterocycles. The van der Waals surface area contributed by atoms with Gasteiger partial charge in [-0.3, -0.25) is 0 Å². The van der Waals surface area contributed by atoms with Gasteiger partial charge in [-0.2, -0.15) is 0 Å². The summed E-state index contributed by atoms with van der Waals surface area (Å²) in [6.07, 6.45) is 0. The highest BCUT2D eigenvalue weighted by molar-refractivity contribution is 5.93. The minimum atomic E-state index is -0.428. The maximum Gasteiger partial charge on any atom is 0.341 e. The Bertz CT molecular complexity index is 582. The Morgan fingerprint density at radius 3 is 2.60 bits per heavy atom.